The lowest BCUT2D eigenvalue weighted by molar-refractivity contribution is 0.0522. The molecule has 0 aliphatic carbocycles. The minimum atomic E-state index is -0.685. The molecule has 0 N–H and O–H groups in total. The van der Waals surface area contributed by atoms with Gasteiger partial charge in [-0.2, -0.15) is 0 Å². The number of ether oxygens (including phenoxy) is 2. The molecule has 162 valence electrons. The van der Waals surface area contributed by atoms with Crippen molar-refractivity contribution in [1.29, 1.82) is 0 Å². The summed E-state index contributed by atoms with van der Waals surface area (Å²) in [6.07, 6.45) is 1.31. The van der Waals surface area contributed by atoms with Crippen molar-refractivity contribution in [3.05, 3.63) is 52.4 Å². The van der Waals surface area contributed by atoms with Crippen LogP contribution in [-0.2, 0) is 0 Å². The second-order valence-electron chi connectivity index (χ2n) is 7.58. The molecule has 1 saturated heterocycles. The lowest BCUT2D eigenvalue weighted by Crippen LogP contribution is -2.45. The average molecular weight is 424 g/mol. The maximum absolute atomic E-state index is 13.1. The molecule has 1 atom stereocenters. The van der Waals surface area contributed by atoms with Crippen LogP contribution in [0.15, 0.2) is 45.6 Å². The molecule has 0 saturated carbocycles. The third kappa shape index (κ3) is 4.30. The number of hydrogen-bond acceptors (Lipinski definition) is 8. The van der Waals surface area contributed by atoms with E-state index in [0.717, 1.165) is 18.7 Å². The molecule has 1 aliphatic heterocycles. The molecular weight excluding hydrogens is 400 g/mol. The molecule has 3 heterocycles. The first-order valence-electron chi connectivity index (χ1n) is 10.0. The van der Waals surface area contributed by atoms with Gasteiger partial charge in [-0.25, -0.2) is 4.79 Å². The van der Waals surface area contributed by atoms with Crippen molar-refractivity contribution in [1.82, 2.24) is 15.1 Å². The molecule has 2 aromatic heterocycles. The predicted octanol–water partition coefficient (Wildman–Crippen LogP) is 2.34. The first-order chi connectivity index (χ1) is 15.0. The number of para-hydroxylation sites is 1. The molecule has 0 spiro atoms. The standard InChI is InChI=1S/C22H24N4O5/c1-25(2)18-9-10-19(24-23-18)30-15-7-5-11-26(13-15)21(27)16-12-14-6-4-8-17(29-3)20(14)31-22(16)28/h4,6,8-10,12,15H,5,7,11,13H2,1-3H3. The predicted molar refractivity (Wildman–Crippen MR) is 115 cm³/mol. The fraction of sp³-hybridized carbons (Fsp3) is 0.364. The summed E-state index contributed by atoms with van der Waals surface area (Å²) in [5.74, 6) is 1.21. The summed E-state index contributed by atoms with van der Waals surface area (Å²) in [4.78, 5) is 29.1. The van der Waals surface area contributed by atoms with Crippen LogP contribution in [0, 0.1) is 0 Å². The van der Waals surface area contributed by atoms with E-state index in [2.05, 4.69) is 10.2 Å². The maximum Gasteiger partial charge on any atom is 0.349 e. The Morgan fingerprint density at radius 1 is 1.23 bits per heavy atom. The number of carbonyl (C=O) groups is 1. The molecule has 4 rings (SSSR count). The largest absolute Gasteiger partial charge is 0.493 e. The third-order valence-electron chi connectivity index (χ3n) is 5.21. The van der Waals surface area contributed by atoms with Crippen molar-refractivity contribution in [2.75, 3.05) is 39.2 Å². The molecule has 0 radical (unpaired) electrons. The Balaban J connectivity index is 1.51. The van der Waals surface area contributed by atoms with Gasteiger partial charge in [-0.05, 0) is 31.0 Å². The van der Waals surface area contributed by atoms with Crippen LogP contribution in [0.25, 0.3) is 11.0 Å². The third-order valence-corrected chi connectivity index (χ3v) is 5.21. The van der Waals surface area contributed by atoms with Gasteiger partial charge in [-0.3, -0.25) is 4.79 Å². The van der Waals surface area contributed by atoms with Gasteiger partial charge in [0.25, 0.3) is 5.91 Å². The van der Waals surface area contributed by atoms with E-state index in [0.29, 0.717) is 35.7 Å². The number of fused-ring (bicyclic) bond motifs is 1. The number of benzene rings is 1. The number of carbonyl (C=O) groups excluding carboxylic acids is 1. The highest BCUT2D eigenvalue weighted by atomic mass is 16.5. The van der Waals surface area contributed by atoms with Gasteiger partial charge in [0.2, 0.25) is 5.88 Å². The van der Waals surface area contributed by atoms with Crippen LogP contribution in [0.1, 0.15) is 23.2 Å². The smallest absolute Gasteiger partial charge is 0.349 e. The van der Waals surface area contributed by atoms with Gasteiger partial charge >= 0.3 is 5.63 Å². The number of aromatic nitrogens is 2. The molecule has 1 unspecified atom stereocenters. The first-order valence-corrected chi connectivity index (χ1v) is 10.0. The molecule has 1 aliphatic rings. The van der Waals surface area contributed by atoms with E-state index in [4.69, 9.17) is 13.9 Å². The maximum atomic E-state index is 13.1. The topological polar surface area (TPSA) is 98.0 Å². The van der Waals surface area contributed by atoms with Crippen LogP contribution >= 0.6 is 0 Å². The Morgan fingerprint density at radius 3 is 2.77 bits per heavy atom. The van der Waals surface area contributed by atoms with Gasteiger partial charge in [0.05, 0.1) is 13.7 Å². The lowest BCUT2D eigenvalue weighted by atomic mass is 10.1. The van der Waals surface area contributed by atoms with E-state index in [-0.39, 0.29) is 17.6 Å². The molecule has 9 heteroatoms. The number of nitrogens with zero attached hydrogens (tertiary/aromatic N) is 4. The van der Waals surface area contributed by atoms with Crippen molar-refractivity contribution in [3.63, 3.8) is 0 Å². The number of amides is 1. The number of hydrogen-bond donors (Lipinski definition) is 0. The Hall–Kier alpha value is -3.62. The van der Waals surface area contributed by atoms with Gasteiger partial charge in [0.1, 0.15) is 11.7 Å². The molecule has 31 heavy (non-hydrogen) atoms. The van der Waals surface area contributed by atoms with Gasteiger partial charge in [0.15, 0.2) is 17.2 Å². The van der Waals surface area contributed by atoms with Crippen LogP contribution in [0.4, 0.5) is 5.82 Å². The fourth-order valence-corrected chi connectivity index (χ4v) is 3.60. The molecule has 1 fully saturated rings. The summed E-state index contributed by atoms with van der Waals surface area (Å²) in [5.41, 5.74) is -0.363. The number of methoxy groups -OCH3 is 1. The summed E-state index contributed by atoms with van der Waals surface area (Å²) < 4.78 is 16.6. The SMILES string of the molecule is COc1cccc2cc(C(=O)N3CCCC(Oc4ccc(N(C)C)nn4)C3)c(=O)oc12. The summed E-state index contributed by atoms with van der Waals surface area (Å²) in [6, 6.07) is 10.4. The van der Waals surface area contributed by atoms with E-state index in [1.165, 1.54) is 7.11 Å². The molecule has 1 amide bonds. The van der Waals surface area contributed by atoms with E-state index >= 15 is 0 Å². The van der Waals surface area contributed by atoms with Crippen LogP contribution < -0.4 is 20.0 Å². The van der Waals surface area contributed by atoms with Gasteiger partial charge in [0, 0.05) is 32.1 Å². The monoisotopic (exact) mass is 424 g/mol. The summed E-state index contributed by atoms with van der Waals surface area (Å²) in [5, 5.41) is 8.83. The average Bonchev–Trinajstić information content (AvgIpc) is 2.78. The lowest BCUT2D eigenvalue weighted by Gasteiger charge is -2.32. The van der Waals surface area contributed by atoms with Crippen molar-refractivity contribution in [2.45, 2.75) is 18.9 Å². The van der Waals surface area contributed by atoms with E-state index in [1.807, 2.05) is 25.1 Å². The van der Waals surface area contributed by atoms with Crippen molar-refractivity contribution >= 4 is 22.7 Å². The quantitative estimate of drug-likeness (QED) is 0.576. The number of rotatable bonds is 5. The van der Waals surface area contributed by atoms with Gasteiger partial charge in [-0.1, -0.05) is 12.1 Å². The van der Waals surface area contributed by atoms with Crippen LogP contribution in [0.5, 0.6) is 11.6 Å². The summed E-state index contributed by atoms with van der Waals surface area (Å²) in [7, 11) is 5.27. The molecule has 0 bridgehead atoms. The minimum Gasteiger partial charge on any atom is -0.493 e. The molecule has 1 aromatic carbocycles. The highest BCUT2D eigenvalue weighted by Crippen LogP contribution is 2.25. The van der Waals surface area contributed by atoms with Crippen molar-refractivity contribution in [3.8, 4) is 11.6 Å². The second kappa shape index (κ2) is 8.63. The first kappa shape index (κ1) is 20.6. The van der Waals surface area contributed by atoms with E-state index in [1.54, 1.807) is 35.2 Å². The normalized spacial score (nSPS) is 16.2. The molecule has 3 aromatic rings. The fourth-order valence-electron chi connectivity index (χ4n) is 3.60. The Labute approximate surface area is 179 Å². The molecular formula is C22H24N4O5. The number of piperidine rings is 1. The Bertz CT molecular complexity index is 1140. The minimum absolute atomic E-state index is 0.00321. The van der Waals surface area contributed by atoms with Crippen molar-refractivity contribution < 1.29 is 18.7 Å². The highest BCUT2D eigenvalue weighted by molar-refractivity contribution is 5.97. The van der Waals surface area contributed by atoms with Gasteiger partial charge < -0.3 is 23.7 Å². The van der Waals surface area contributed by atoms with Crippen LogP contribution in [0.3, 0.4) is 0 Å². The van der Waals surface area contributed by atoms with E-state index < -0.39 is 5.63 Å². The zero-order valence-electron chi connectivity index (χ0n) is 17.7. The van der Waals surface area contributed by atoms with Crippen LogP contribution in [-0.4, -0.2) is 61.4 Å². The zero-order chi connectivity index (χ0) is 22.0. The van der Waals surface area contributed by atoms with E-state index in [9.17, 15) is 9.59 Å². The second-order valence-corrected chi connectivity index (χ2v) is 7.58. The Morgan fingerprint density at radius 2 is 2.06 bits per heavy atom. The summed E-state index contributed by atoms with van der Waals surface area (Å²) in [6.45, 7) is 0.894. The van der Waals surface area contributed by atoms with Crippen molar-refractivity contribution in [2.24, 2.45) is 0 Å². The van der Waals surface area contributed by atoms with Crippen LogP contribution in [0.2, 0.25) is 0 Å². The highest BCUT2D eigenvalue weighted by Gasteiger charge is 2.28. The zero-order valence-corrected chi connectivity index (χ0v) is 17.7. The number of likely N-dealkylation sites (tertiary alicyclic amines) is 1. The Kier molecular flexibility index (Phi) is 5.75. The number of anilines is 1. The molecule has 9 nitrogen and oxygen atoms in total. The van der Waals surface area contributed by atoms with Gasteiger partial charge in [-0.15, -0.1) is 10.2 Å². The summed E-state index contributed by atoms with van der Waals surface area (Å²) >= 11 is 0.